The van der Waals surface area contributed by atoms with Crippen molar-refractivity contribution in [2.45, 2.75) is 29.9 Å². The van der Waals surface area contributed by atoms with Crippen LogP contribution in [0.3, 0.4) is 0 Å². The number of allylic oxidation sites excluding steroid dienone is 4. The molecule has 0 bridgehead atoms. The summed E-state index contributed by atoms with van der Waals surface area (Å²) in [5, 5.41) is 16.5. The van der Waals surface area contributed by atoms with Crippen molar-refractivity contribution in [2.75, 3.05) is 14.2 Å². The van der Waals surface area contributed by atoms with Crippen LogP contribution in [0.1, 0.15) is 25.7 Å². The molecule has 0 aromatic rings. The minimum atomic E-state index is 0.750. The Balaban J connectivity index is 0.000000371. The Kier molecular flexibility index (Phi) is 7.47. The van der Waals surface area contributed by atoms with Crippen molar-refractivity contribution in [1.82, 2.24) is 0 Å². The van der Waals surface area contributed by atoms with Gasteiger partial charge in [-0.2, -0.15) is 14.2 Å². The van der Waals surface area contributed by atoms with Gasteiger partial charge in [0.15, 0.2) is 0 Å². The predicted molar refractivity (Wildman–Crippen MR) is 66.3 cm³/mol. The Bertz CT molecular complexity index is 288. The first-order chi connectivity index (χ1) is 8.88. The third kappa shape index (κ3) is 3.16. The summed E-state index contributed by atoms with van der Waals surface area (Å²) in [4.78, 5) is 0. The SMILES string of the molecule is C[O-].C[O-].[Ti+2][CH]1C2C=CC=CC2C2CCCCC12. The Labute approximate surface area is 123 Å². The average Bonchev–Trinajstić information content (AvgIpc) is 2.78. The van der Waals surface area contributed by atoms with E-state index in [2.05, 4.69) is 44.7 Å². The van der Waals surface area contributed by atoms with E-state index in [4.69, 9.17) is 10.2 Å². The maximum absolute atomic E-state index is 8.25. The molecular weight excluding hydrogens is 260 g/mol. The van der Waals surface area contributed by atoms with Crippen LogP contribution in [0.5, 0.6) is 0 Å². The van der Waals surface area contributed by atoms with Crippen LogP contribution in [-0.2, 0) is 20.4 Å². The molecule has 0 amide bonds. The molecule has 2 nitrogen and oxygen atoms in total. The van der Waals surface area contributed by atoms with Gasteiger partial charge in [0.2, 0.25) is 0 Å². The van der Waals surface area contributed by atoms with E-state index in [1.54, 1.807) is 0 Å². The van der Waals surface area contributed by atoms with Crippen LogP contribution < -0.4 is 10.2 Å². The van der Waals surface area contributed by atoms with Gasteiger partial charge in [-0.1, -0.05) is 0 Å². The number of hydrogen-bond donors (Lipinski definition) is 0. The molecule has 0 aromatic carbocycles. The molecule has 2 saturated carbocycles. The summed E-state index contributed by atoms with van der Waals surface area (Å²) >= 11 is 2.48. The second kappa shape index (κ2) is 8.32. The van der Waals surface area contributed by atoms with Crippen molar-refractivity contribution in [3.05, 3.63) is 24.3 Å². The van der Waals surface area contributed by atoms with E-state index >= 15 is 0 Å². The van der Waals surface area contributed by atoms with E-state index in [0.717, 1.165) is 42.1 Å². The molecule has 3 heteroatoms. The van der Waals surface area contributed by atoms with Gasteiger partial charge >= 0.3 is 98.3 Å². The van der Waals surface area contributed by atoms with E-state index in [0.29, 0.717) is 0 Å². The van der Waals surface area contributed by atoms with Crippen LogP contribution in [0.15, 0.2) is 24.3 Å². The standard InChI is InChI=1S/C13H17.2CH3O.Ti/c1-3-7-12-10(5-1)9-11-6-2-4-8-13(11)12;2*1-2;/h1,3,5,7,9-13H,2,4,6,8H2;2*1H3;/q;2*-1;+2. The van der Waals surface area contributed by atoms with Gasteiger partial charge in [0, 0.05) is 0 Å². The van der Waals surface area contributed by atoms with Crippen molar-refractivity contribution in [3.8, 4) is 0 Å². The first-order valence-corrected chi connectivity index (χ1v) is 7.66. The van der Waals surface area contributed by atoms with Crippen molar-refractivity contribution < 1.29 is 30.6 Å². The van der Waals surface area contributed by atoms with Gasteiger partial charge in [-0.25, -0.2) is 0 Å². The van der Waals surface area contributed by atoms with Crippen LogP contribution in [0.2, 0.25) is 4.22 Å². The first-order valence-electron chi connectivity index (χ1n) is 6.76. The first kappa shape index (κ1) is 16.2. The third-order valence-corrected chi connectivity index (χ3v) is 5.74. The molecule has 0 spiro atoms. The molecule has 3 aliphatic rings. The fourth-order valence-corrected chi connectivity index (χ4v) is 4.99. The van der Waals surface area contributed by atoms with Gasteiger partial charge in [0.25, 0.3) is 0 Å². The molecule has 5 atom stereocenters. The molecule has 0 aliphatic heterocycles. The zero-order valence-corrected chi connectivity index (χ0v) is 12.9. The summed E-state index contributed by atoms with van der Waals surface area (Å²) in [6.07, 6.45) is 15.4. The van der Waals surface area contributed by atoms with Crippen LogP contribution in [0.25, 0.3) is 0 Å². The molecule has 0 N–H and O–H groups in total. The molecule has 3 rings (SSSR count). The molecule has 18 heavy (non-hydrogen) atoms. The molecule has 0 radical (unpaired) electrons. The van der Waals surface area contributed by atoms with E-state index < -0.39 is 0 Å². The molecule has 0 aromatic heterocycles. The summed E-state index contributed by atoms with van der Waals surface area (Å²) in [6, 6.07) is 0. The molecule has 3 aliphatic carbocycles. The molecule has 0 heterocycles. The predicted octanol–water partition coefficient (Wildman–Crippen LogP) is 1.45. The normalized spacial score (nSPS) is 39.8. The zero-order chi connectivity index (χ0) is 13.5. The average molecular weight is 283 g/mol. The molecule has 0 saturated heterocycles. The van der Waals surface area contributed by atoms with Crippen molar-refractivity contribution >= 4 is 0 Å². The Morgan fingerprint density at radius 2 is 1.33 bits per heavy atom. The van der Waals surface area contributed by atoms with Crippen molar-refractivity contribution in [2.24, 2.45) is 23.7 Å². The summed E-state index contributed by atoms with van der Waals surface area (Å²) in [7, 11) is 1.50. The molecule has 2 fully saturated rings. The van der Waals surface area contributed by atoms with Crippen LogP contribution >= 0.6 is 0 Å². The van der Waals surface area contributed by atoms with E-state index in [-0.39, 0.29) is 0 Å². The van der Waals surface area contributed by atoms with Crippen molar-refractivity contribution in [3.63, 3.8) is 0 Å². The van der Waals surface area contributed by atoms with Crippen LogP contribution in [-0.4, -0.2) is 14.2 Å². The summed E-state index contributed by atoms with van der Waals surface area (Å²) in [5.41, 5.74) is 0. The summed E-state index contributed by atoms with van der Waals surface area (Å²) in [6.45, 7) is 0. The van der Waals surface area contributed by atoms with E-state index in [9.17, 15) is 0 Å². The second-order valence-electron chi connectivity index (χ2n) is 5.06. The van der Waals surface area contributed by atoms with Crippen LogP contribution in [0, 0.1) is 23.7 Å². The minimum absolute atomic E-state index is 0.750. The van der Waals surface area contributed by atoms with E-state index in [1.165, 1.54) is 25.7 Å². The van der Waals surface area contributed by atoms with Gasteiger partial charge in [-0.05, 0) is 0 Å². The maximum atomic E-state index is 8.25. The Morgan fingerprint density at radius 3 is 1.94 bits per heavy atom. The molecule has 99 valence electrons. The topological polar surface area (TPSA) is 46.1 Å². The number of fused-ring (bicyclic) bond motifs is 3. The van der Waals surface area contributed by atoms with Gasteiger partial charge in [-0.3, -0.25) is 0 Å². The Morgan fingerprint density at radius 1 is 0.833 bits per heavy atom. The number of hydrogen-bond acceptors (Lipinski definition) is 2. The van der Waals surface area contributed by atoms with E-state index in [1.807, 2.05) is 0 Å². The second-order valence-corrected chi connectivity index (χ2v) is 6.10. The Hall–Kier alpha value is 0.114. The van der Waals surface area contributed by atoms with Gasteiger partial charge < -0.3 is 10.2 Å². The zero-order valence-electron chi connectivity index (χ0n) is 11.3. The summed E-state index contributed by atoms with van der Waals surface area (Å²) in [5.74, 6) is 3.81. The quantitative estimate of drug-likeness (QED) is 0.632. The molecular formula is C15H23O2Ti. The molecule has 5 unspecified atom stereocenters. The van der Waals surface area contributed by atoms with Gasteiger partial charge in [0.05, 0.1) is 0 Å². The monoisotopic (exact) mass is 283 g/mol. The number of rotatable bonds is 0. The fourth-order valence-electron chi connectivity index (χ4n) is 3.83. The van der Waals surface area contributed by atoms with Gasteiger partial charge in [0.1, 0.15) is 0 Å². The third-order valence-electron chi connectivity index (χ3n) is 4.47. The van der Waals surface area contributed by atoms with Gasteiger partial charge in [-0.15, -0.1) is 0 Å². The summed E-state index contributed by atoms with van der Waals surface area (Å²) < 4.78 is 0.937. The van der Waals surface area contributed by atoms with Crippen LogP contribution in [0.4, 0.5) is 0 Å². The van der Waals surface area contributed by atoms with Crippen molar-refractivity contribution in [1.29, 1.82) is 0 Å². The fraction of sp³-hybridized carbons (Fsp3) is 0.733.